The van der Waals surface area contributed by atoms with Gasteiger partial charge in [-0.1, -0.05) is 0 Å². The molecule has 0 bridgehead atoms. The molecule has 0 aliphatic carbocycles. The van der Waals surface area contributed by atoms with Gasteiger partial charge in [-0.15, -0.1) is 11.3 Å². The summed E-state index contributed by atoms with van der Waals surface area (Å²) in [4.78, 5) is 16.2. The molecule has 2 aromatic rings. The Bertz CT molecular complexity index is 539. The maximum absolute atomic E-state index is 11.1. The Morgan fingerprint density at radius 1 is 1.37 bits per heavy atom. The Kier molecular flexibility index (Phi) is 4.65. The van der Waals surface area contributed by atoms with Crippen LogP contribution in [0.25, 0.3) is 0 Å². The number of nitrogens with zero attached hydrogens (tertiary/aromatic N) is 1. The second kappa shape index (κ2) is 6.45. The predicted octanol–water partition coefficient (Wildman–Crippen LogP) is 2.95. The molecule has 0 spiro atoms. The van der Waals surface area contributed by atoms with Crippen molar-refractivity contribution in [1.82, 2.24) is 10.3 Å². The number of aromatic nitrogens is 1. The molecule has 0 saturated heterocycles. The van der Waals surface area contributed by atoms with Gasteiger partial charge in [0.1, 0.15) is 0 Å². The minimum atomic E-state index is -0.0400. The summed E-state index contributed by atoms with van der Waals surface area (Å²) in [5.74, 6) is -0.0400. The summed E-state index contributed by atoms with van der Waals surface area (Å²) >= 11 is 1.64. The van der Waals surface area contributed by atoms with Gasteiger partial charge in [0.15, 0.2) is 0 Å². The molecule has 100 valence electrons. The standard InChI is InChI=1S/C14H17N3OS/c1-10(12-3-6-15-7-4-12)16-9-14-13(5-8-19-14)17-11(2)18/h3-8,10,16H,9H2,1-2H3,(H,17,18)/t10-/m0/s1. The Morgan fingerprint density at radius 3 is 2.79 bits per heavy atom. The summed E-state index contributed by atoms with van der Waals surface area (Å²) in [5.41, 5.74) is 2.10. The minimum Gasteiger partial charge on any atom is -0.325 e. The van der Waals surface area contributed by atoms with Crippen LogP contribution in [0.1, 0.15) is 30.3 Å². The lowest BCUT2D eigenvalue weighted by molar-refractivity contribution is -0.114. The quantitative estimate of drug-likeness (QED) is 0.882. The van der Waals surface area contributed by atoms with E-state index in [0.717, 1.165) is 17.1 Å². The van der Waals surface area contributed by atoms with Crippen LogP contribution in [0.2, 0.25) is 0 Å². The van der Waals surface area contributed by atoms with E-state index in [1.165, 1.54) is 12.5 Å². The van der Waals surface area contributed by atoms with Crippen LogP contribution in [0.15, 0.2) is 36.0 Å². The van der Waals surface area contributed by atoms with Crippen molar-refractivity contribution < 1.29 is 4.79 Å². The number of hydrogen-bond donors (Lipinski definition) is 2. The fourth-order valence-corrected chi connectivity index (χ4v) is 2.58. The average molecular weight is 275 g/mol. The van der Waals surface area contributed by atoms with Gasteiger partial charge in [0.2, 0.25) is 5.91 Å². The number of pyridine rings is 1. The van der Waals surface area contributed by atoms with Gasteiger partial charge in [-0.25, -0.2) is 0 Å². The summed E-state index contributed by atoms with van der Waals surface area (Å²) in [5, 5.41) is 8.27. The van der Waals surface area contributed by atoms with E-state index in [4.69, 9.17) is 0 Å². The molecular weight excluding hydrogens is 258 g/mol. The second-order valence-corrected chi connectivity index (χ2v) is 5.32. The molecule has 0 aromatic carbocycles. The van der Waals surface area contributed by atoms with Gasteiger partial charge in [0.25, 0.3) is 0 Å². The molecule has 2 aromatic heterocycles. The van der Waals surface area contributed by atoms with Crippen molar-refractivity contribution in [2.24, 2.45) is 0 Å². The van der Waals surface area contributed by atoms with Gasteiger partial charge in [-0.3, -0.25) is 9.78 Å². The Balaban J connectivity index is 1.95. The van der Waals surface area contributed by atoms with Crippen molar-refractivity contribution in [2.45, 2.75) is 26.4 Å². The smallest absolute Gasteiger partial charge is 0.221 e. The first-order valence-corrected chi connectivity index (χ1v) is 7.02. The van der Waals surface area contributed by atoms with Crippen molar-refractivity contribution in [1.29, 1.82) is 0 Å². The summed E-state index contributed by atoms with van der Waals surface area (Å²) in [6, 6.07) is 6.18. The zero-order valence-corrected chi connectivity index (χ0v) is 11.8. The SMILES string of the molecule is CC(=O)Nc1ccsc1CN[C@@H](C)c1ccncc1. The molecule has 5 heteroatoms. The Labute approximate surface area is 116 Å². The van der Waals surface area contributed by atoms with E-state index < -0.39 is 0 Å². The van der Waals surface area contributed by atoms with Crippen molar-refractivity contribution in [2.75, 3.05) is 5.32 Å². The van der Waals surface area contributed by atoms with Crippen molar-refractivity contribution >= 4 is 22.9 Å². The van der Waals surface area contributed by atoms with E-state index in [1.807, 2.05) is 23.6 Å². The molecule has 0 saturated carbocycles. The van der Waals surface area contributed by atoms with Crippen LogP contribution in [0.5, 0.6) is 0 Å². The van der Waals surface area contributed by atoms with Crippen molar-refractivity contribution in [3.63, 3.8) is 0 Å². The molecular formula is C14H17N3OS. The average Bonchev–Trinajstić information content (AvgIpc) is 2.83. The molecule has 1 amide bonds. The topological polar surface area (TPSA) is 54.0 Å². The fourth-order valence-electron chi connectivity index (χ4n) is 1.79. The van der Waals surface area contributed by atoms with Crippen LogP contribution < -0.4 is 10.6 Å². The first-order valence-electron chi connectivity index (χ1n) is 6.14. The predicted molar refractivity (Wildman–Crippen MR) is 78.1 cm³/mol. The molecule has 2 N–H and O–H groups in total. The van der Waals surface area contributed by atoms with Gasteiger partial charge < -0.3 is 10.6 Å². The highest BCUT2D eigenvalue weighted by molar-refractivity contribution is 7.10. The van der Waals surface area contributed by atoms with E-state index >= 15 is 0 Å². The number of carbonyl (C=O) groups excluding carboxylic acids is 1. The van der Waals surface area contributed by atoms with Crippen LogP contribution in [0, 0.1) is 0 Å². The van der Waals surface area contributed by atoms with E-state index in [0.29, 0.717) is 0 Å². The highest BCUT2D eigenvalue weighted by Gasteiger charge is 2.08. The third-order valence-electron chi connectivity index (χ3n) is 2.83. The van der Waals surface area contributed by atoms with Gasteiger partial charge in [-0.05, 0) is 36.1 Å². The molecule has 0 aliphatic rings. The minimum absolute atomic E-state index is 0.0400. The van der Waals surface area contributed by atoms with Gasteiger partial charge in [-0.2, -0.15) is 0 Å². The largest absolute Gasteiger partial charge is 0.325 e. The Hall–Kier alpha value is -1.72. The lowest BCUT2D eigenvalue weighted by atomic mass is 10.1. The van der Waals surface area contributed by atoms with E-state index in [2.05, 4.69) is 22.5 Å². The van der Waals surface area contributed by atoms with Crippen LogP contribution in [0.3, 0.4) is 0 Å². The number of nitrogens with one attached hydrogen (secondary N) is 2. The number of amides is 1. The van der Waals surface area contributed by atoms with Crippen LogP contribution in [0.4, 0.5) is 5.69 Å². The first-order chi connectivity index (χ1) is 9.16. The molecule has 19 heavy (non-hydrogen) atoms. The summed E-state index contributed by atoms with van der Waals surface area (Å²) < 4.78 is 0. The summed E-state index contributed by atoms with van der Waals surface area (Å²) in [7, 11) is 0. The van der Waals surface area contributed by atoms with E-state index in [-0.39, 0.29) is 11.9 Å². The fraction of sp³-hybridized carbons (Fsp3) is 0.286. The Morgan fingerprint density at radius 2 is 2.11 bits per heavy atom. The monoisotopic (exact) mass is 275 g/mol. The number of rotatable bonds is 5. The highest BCUT2D eigenvalue weighted by atomic mass is 32.1. The lowest BCUT2D eigenvalue weighted by Crippen LogP contribution is -2.18. The number of carbonyl (C=O) groups is 1. The van der Waals surface area contributed by atoms with Gasteiger partial charge in [0, 0.05) is 36.8 Å². The molecule has 1 atom stereocenters. The molecule has 0 aliphatic heterocycles. The molecule has 2 rings (SSSR count). The molecule has 0 unspecified atom stereocenters. The summed E-state index contributed by atoms with van der Waals surface area (Å²) in [6.45, 7) is 4.37. The van der Waals surface area contributed by atoms with Crippen LogP contribution in [-0.4, -0.2) is 10.9 Å². The molecule has 2 heterocycles. The van der Waals surface area contributed by atoms with Crippen molar-refractivity contribution in [3.8, 4) is 0 Å². The maximum Gasteiger partial charge on any atom is 0.221 e. The van der Waals surface area contributed by atoms with Gasteiger partial charge in [0.05, 0.1) is 5.69 Å². The number of anilines is 1. The maximum atomic E-state index is 11.1. The first kappa shape index (κ1) is 13.7. The highest BCUT2D eigenvalue weighted by Crippen LogP contribution is 2.23. The van der Waals surface area contributed by atoms with Gasteiger partial charge >= 0.3 is 0 Å². The van der Waals surface area contributed by atoms with E-state index in [1.54, 1.807) is 23.7 Å². The number of thiophene rings is 1. The zero-order chi connectivity index (χ0) is 13.7. The lowest BCUT2D eigenvalue weighted by Gasteiger charge is -2.14. The third-order valence-corrected chi connectivity index (χ3v) is 3.75. The molecule has 0 radical (unpaired) electrons. The van der Waals surface area contributed by atoms with Crippen LogP contribution in [-0.2, 0) is 11.3 Å². The third kappa shape index (κ3) is 3.87. The molecule has 4 nitrogen and oxygen atoms in total. The number of hydrogen-bond acceptors (Lipinski definition) is 4. The van der Waals surface area contributed by atoms with Crippen LogP contribution >= 0.6 is 11.3 Å². The van der Waals surface area contributed by atoms with E-state index in [9.17, 15) is 4.79 Å². The normalized spacial score (nSPS) is 12.1. The second-order valence-electron chi connectivity index (χ2n) is 4.32. The zero-order valence-electron chi connectivity index (χ0n) is 11.0. The molecule has 0 fully saturated rings. The van der Waals surface area contributed by atoms with Crippen molar-refractivity contribution in [3.05, 3.63) is 46.4 Å². The summed E-state index contributed by atoms with van der Waals surface area (Å²) in [6.07, 6.45) is 3.59.